The van der Waals surface area contributed by atoms with Gasteiger partial charge in [0.05, 0.1) is 6.42 Å². The largest absolute Gasteiger partial charge is 0.358 e. The van der Waals surface area contributed by atoms with E-state index >= 15 is 0 Å². The molecule has 140 valence electrons. The molecule has 5 rings (SSSR count). The molecule has 0 fully saturated rings. The lowest BCUT2D eigenvalue weighted by atomic mass is 10.0. The molecule has 4 nitrogen and oxygen atoms in total. The highest BCUT2D eigenvalue weighted by molar-refractivity contribution is 6.31. The van der Waals surface area contributed by atoms with Gasteiger partial charge < -0.3 is 14.5 Å². The Bertz CT molecular complexity index is 1140. The molecule has 0 bridgehead atoms. The Morgan fingerprint density at radius 3 is 2.64 bits per heavy atom. The van der Waals surface area contributed by atoms with Crippen molar-refractivity contribution in [1.82, 2.24) is 14.5 Å². The summed E-state index contributed by atoms with van der Waals surface area (Å²) in [5.41, 5.74) is 5.63. The maximum absolute atomic E-state index is 12.9. The zero-order chi connectivity index (χ0) is 19.1. The van der Waals surface area contributed by atoms with Crippen LogP contribution in [-0.4, -0.2) is 26.9 Å². The molecule has 28 heavy (non-hydrogen) atoms. The second-order valence-corrected chi connectivity index (χ2v) is 7.71. The van der Waals surface area contributed by atoms with Crippen LogP contribution in [0.25, 0.3) is 16.6 Å². The lowest BCUT2D eigenvalue weighted by Gasteiger charge is -2.27. The molecule has 1 amide bonds. The average molecular weight is 390 g/mol. The van der Waals surface area contributed by atoms with E-state index in [1.165, 1.54) is 11.3 Å². The topological polar surface area (TPSA) is 41.0 Å². The number of benzene rings is 2. The molecule has 4 aromatic rings. The van der Waals surface area contributed by atoms with Crippen LogP contribution in [0.5, 0.6) is 0 Å². The van der Waals surface area contributed by atoms with Crippen molar-refractivity contribution < 1.29 is 4.79 Å². The molecular weight excluding hydrogens is 370 g/mol. The number of hydrogen-bond donors (Lipinski definition) is 1. The summed E-state index contributed by atoms with van der Waals surface area (Å²) in [5, 5.41) is 1.84. The number of nitrogens with one attached hydrogen (secondary N) is 1. The number of carbonyl (C=O) groups excluding carboxylic acids is 1. The quantitative estimate of drug-likeness (QED) is 0.540. The van der Waals surface area contributed by atoms with E-state index in [2.05, 4.69) is 21.7 Å². The van der Waals surface area contributed by atoms with Crippen LogP contribution in [-0.2, 0) is 24.2 Å². The summed E-state index contributed by atoms with van der Waals surface area (Å²) in [6.07, 6.45) is 5.29. The van der Waals surface area contributed by atoms with Gasteiger partial charge in [0.15, 0.2) is 0 Å². The number of fused-ring (bicyclic) bond motifs is 3. The van der Waals surface area contributed by atoms with E-state index in [1.807, 2.05) is 59.8 Å². The van der Waals surface area contributed by atoms with Gasteiger partial charge in [0.25, 0.3) is 0 Å². The zero-order valence-corrected chi connectivity index (χ0v) is 16.1. The first-order valence-electron chi connectivity index (χ1n) is 9.46. The molecule has 0 atom stereocenters. The van der Waals surface area contributed by atoms with E-state index in [0.717, 1.165) is 40.1 Å². The summed E-state index contributed by atoms with van der Waals surface area (Å²) in [4.78, 5) is 18.3. The van der Waals surface area contributed by atoms with Crippen molar-refractivity contribution in [1.29, 1.82) is 0 Å². The number of amides is 1. The summed E-state index contributed by atoms with van der Waals surface area (Å²) in [6, 6.07) is 18.1. The fraction of sp³-hybridized carbons (Fsp3) is 0.174. The van der Waals surface area contributed by atoms with Gasteiger partial charge in [-0.1, -0.05) is 23.7 Å². The molecular formula is C23H20ClN3O. The second kappa shape index (κ2) is 6.88. The third-order valence-corrected chi connectivity index (χ3v) is 5.72. The van der Waals surface area contributed by atoms with Crippen molar-refractivity contribution in [3.05, 3.63) is 88.8 Å². The van der Waals surface area contributed by atoms with Gasteiger partial charge in [0.1, 0.15) is 0 Å². The van der Waals surface area contributed by atoms with E-state index in [9.17, 15) is 4.79 Å². The van der Waals surface area contributed by atoms with Gasteiger partial charge in [-0.25, -0.2) is 0 Å². The van der Waals surface area contributed by atoms with Crippen molar-refractivity contribution in [2.45, 2.75) is 19.4 Å². The second-order valence-electron chi connectivity index (χ2n) is 7.27. The molecule has 0 unspecified atom stereocenters. The van der Waals surface area contributed by atoms with Crippen LogP contribution in [0.3, 0.4) is 0 Å². The van der Waals surface area contributed by atoms with E-state index in [1.54, 1.807) is 0 Å². The molecule has 5 heteroatoms. The lowest BCUT2D eigenvalue weighted by molar-refractivity contribution is -0.131. The highest BCUT2D eigenvalue weighted by atomic mass is 35.5. The molecule has 0 aliphatic carbocycles. The molecule has 1 N–H and O–H groups in total. The van der Waals surface area contributed by atoms with E-state index in [0.29, 0.717) is 13.0 Å². The number of rotatable bonds is 3. The Kier molecular flexibility index (Phi) is 4.21. The third kappa shape index (κ3) is 3.10. The van der Waals surface area contributed by atoms with Gasteiger partial charge in [0.2, 0.25) is 5.91 Å². The third-order valence-electron chi connectivity index (χ3n) is 5.48. The van der Waals surface area contributed by atoms with Crippen molar-refractivity contribution in [2.24, 2.45) is 0 Å². The van der Waals surface area contributed by atoms with Crippen molar-refractivity contribution in [3.63, 3.8) is 0 Å². The molecule has 0 radical (unpaired) electrons. The van der Waals surface area contributed by atoms with Crippen molar-refractivity contribution in [3.8, 4) is 5.69 Å². The first-order chi connectivity index (χ1) is 13.7. The molecule has 1 aliphatic rings. The van der Waals surface area contributed by atoms with E-state index in [4.69, 9.17) is 11.6 Å². The molecule has 2 aromatic heterocycles. The van der Waals surface area contributed by atoms with Crippen LogP contribution in [0.1, 0.15) is 16.8 Å². The Morgan fingerprint density at radius 1 is 1.07 bits per heavy atom. The number of H-pyrrole nitrogens is 1. The molecule has 0 saturated carbocycles. The summed E-state index contributed by atoms with van der Waals surface area (Å²) < 4.78 is 2.06. The smallest absolute Gasteiger partial charge is 0.227 e. The molecule has 3 heterocycles. The van der Waals surface area contributed by atoms with Gasteiger partial charge in [0, 0.05) is 64.8 Å². The highest BCUT2D eigenvalue weighted by Crippen LogP contribution is 2.30. The van der Waals surface area contributed by atoms with E-state index < -0.39 is 0 Å². The Labute approximate surface area is 168 Å². The fourth-order valence-corrected chi connectivity index (χ4v) is 4.15. The fourth-order valence-electron chi connectivity index (χ4n) is 3.98. The van der Waals surface area contributed by atoms with Crippen molar-refractivity contribution in [2.75, 3.05) is 6.54 Å². The van der Waals surface area contributed by atoms with Crippen LogP contribution < -0.4 is 0 Å². The number of nitrogens with zero attached hydrogens (tertiary/aromatic N) is 2. The van der Waals surface area contributed by atoms with Gasteiger partial charge >= 0.3 is 0 Å². The minimum Gasteiger partial charge on any atom is -0.358 e. The zero-order valence-electron chi connectivity index (χ0n) is 15.4. The number of halogens is 1. The minimum atomic E-state index is 0.163. The van der Waals surface area contributed by atoms with Gasteiger partial charge in [-0.3, -0.25) is 4.79 Å². The molecule has 1 aliphatic heterocycles. The van der Waals surface area contributed by atoms with Crippen LogP contribution in [0.4, 0.5) is 0 Å². The normalized spacial score (nSPS) is 13.7. The highest BCUT2D eigenvalue weighted by Gasteiger charge is 2.24. The Morgan fingerprint density at radius 2 is 1.86 bits per heavy atom. The number of hydrogen-bond acceptors (Lipinski definition) is 1. The number of carbonyl (C=O) groups is 1. The van der Waals surface area contributed by atoms with Crippen LogP contribution in [0, 0.1) is 0 Å². The van der Waals surface area contributed by atoms with Crippen molar-refractivity contribution >= 4 is 28.4 Å². The predicted molar refractivity (Wildman–Crippen MR) is 112 cm³/mol. The summed E-state index contributed by atoms with van der Waals surface area (Å²) in [5.74, 6) is 0.163. The maximum atomic E-state index is 12.9. The Hall–Kier alpha value is -2.98. The minimum absolute atomic E-state index is 0.163. The standard InChI is InChI=1S/C23H20ClN3O/c24-17-5-8-21-19(14-17)20-15-27(12-9-22(20)25-21)23(28)13-16-3-6-18(7-4-16)26-10-1-2-11-26/h1-8,10-11,14,25H,9,12-13,15H2. The SMILES string of the molecule is O=C(Cc1ccc(-n2cccc2)cc1)N1CCc2[nH]c3ccc(Cl)cc3c2C1. The average Bonchev–Trinajstić information content (AvgIpc) is 3.36. The number of aromatic nitrogens is 2. The van der Waals surface area contributed by atoms with Crippen LogP contribution in [0.2, 0.25) is 5.02 Å². The summed E-state index contributed by atoms with van der Waals surface area (Å²) >= 11 is 6.18. The van der Waals surface area contributed by atoms with Crippen LogP contribution in [0.15, 0.2) is 67.0 Å². The molecule has 0 spiro atoms. The first kappa shape index (κ1) is 17.1. The Balaban J connectivity index is 1.33. The van der Waals surface area contributed by atoms with Crippen LogP contribution >= 0.6 is 11.6 Å². The van der Waals surface area contributed by atoms with Gasteiger partial charge in [-0.05, 0) is 48.0 Å². The van der Waals surface area contributed by atoms with Gasteiger partial charge in [-0.2, -0.15) is 0 Å². The summed E-state index contributed by atoms with van der Waals surface area (Å²) in [7, 11) is 0. The maximum Gasteiger partial charge on any atom is 0.227 e. The monoisotopic (exact) mass is 389 g/mol. The van der Waals surface area contributed by atoms with E-state index in [-0.39, 0.29) is 5.91 Å². The summed E-state index contributed by atoms with van der Waals surface area (Å²) in [6.45, 7) is 1.38. The van der Waals surface area contributed by atoms with Gasteiger partial charge in [-0.15, -0.1) is 0 Å². The number of aromatic amines is 1. The molecule has 2 aromatic carbocycles. The lowest BCUT2D eigenvalue weighted by Crippen LogP contribution is -2.36. The first-order valence-corrected chi connectivity index (χ1v) is 9.84. The predicted octanol–water partition coefficient (Wildman–Crippen LogP) is 4.74. The molecule has 0 saturated heterocycles.